The number of hydrogen-bond donors (Lipinski definition) is 1. The lowest BCUT2D eigenvalue weighted by Crippen LogP contribution is -2.17. The zero-order valence-electron chi connectivity index (χ0n) is 13.8. The lowest BCUT2D eigenvalue weighted by atomic mass is 9.89. The number of nitrogens with one attached hydrogen (secondary N) is 1. The minimum Gasteiger partial charge on any atom is -0.449 e. The molecule has 0 fully saturated rings. The maximum atomic E-state index is 12.6. The van der Waals surface area contributed by atoms with Gasteiger partial charge in [-0.25, -0.2) is 0 Å². The Kier molecular flexibility index (Phi) is 4.25. The predicted molar refractivity (Wildman–Crippen MR) is 98.1 cm³/mol. The number of aryl methyl sites for hydroxylation is 1. The van der Waals surface area contributed by atoms with Gasteiger partial charge in [0, 0.05) is 16.7 Å². The maximum Gasteiger partial charge on any atom is 0.293 e. The molecule has 1 aromatic carbocycles. The molecule has 26 heavy (non-hydrogen) atoms. The molecule has 2 aromatic heterocycles. The van der Waals surface area contributed by atoms with Crippen LogP contribution in [0.3, 0.4) is 0 Å². The minimum atomic E-state index is -0.604. The SMILES string of the molecule is C[C@H]1CCc2noc(NC(=O)c3cc(=O)c4cc(Cl)cc(Cl)c4o3)c2C1. The number of amides is 1. The number of halogens is 2. The summed E-state index contributed by atoms with van der Waals surface area (Å²) in [5, 5.41) is 7.34. The number of carbonyl (C=O) groups excluding carboxylic acids is 1. The molecule has 0 radical (unpaired) electrons. The summed E-state index contributed by atoms with van der Waals surface area (Å²) in [6.07, 6.45) is 2.63. The third kappa shape index (κ3) is 2.99. The second-order valence-electron chi connectivity index (χ2n) is 6.48. The van der Waals surface area contributed by atoms with Gasteiger partial charge >= 0.3 is 0 Å². The highest BCUT2D eigenvalue weighted by Crippen LogP contribution is 2.31. The molecule has 1 aliphatic carbocycles. The van der Waals surface area contributed by atoms with Crippen LogP contribution in [0.2, 0.25) is 10.0 Å². The maximum absolute atomic E-state index is 12.6. The summed E-state index contributed by atoms with van der Waals surface area (Å²) in [6.45, 7) is 2.14. The van der Waals surface area contributed by atoms with Crippen molar-refractivity contribution in [2.75, 3.05) is 5.32 Å². The molecule has 0 unspecified atom stereocenters. The summed E-state index contributed by atoms with van der Waals surface area (Å²) in [5.41, 5.74) is 1.46. The molecule has 0 spiro atoms. The second kappa shape index (κ2) is 6.45. The number of hydrogen-bond acceptors (Lipinski definition) is 5. The van der Waals surface area contributed by atoms with Crippen molar-refractivity contribution in [3.8, 4) is 0 Å². The van der Waals surface area contributed by atoms with Gasteiger partial charge in [0.15, 0.2) is 16.8 Å². The van der Waals surface area contributed by atoms with Crippen molar-refractivity contribution in [3.63, 3.8) is 0 Å². The van der Waals surface area contributed by atoms with Crippen LogP contribution in [0.5, 0.6) is 0 Å². The van der Waals surface area contributed by atoms with E-state index in [2.05, 4.69) is 17.4 Å². The molecular formula is C18H14Cl2N2O4. The molecule has 8 heteroatoms. The third-order valence-corrected chi connectivity index (χ3v) is 4.99. The monoisotopic (exact) mass is 392 g/mol. The van der Waals surface area contributed by atoms with Crippen LogP contribution in [0.15, 0.2) is 31.9 Å². The van der Waals surface area contributed by atoms with Crippen molar-refractivity contribution < 1.29 is 13.7 Å². The van der Waals surface area contributed by atoms with Crippen molar-refractivity contribution in [1.82, 2.24) is 5.16 Å². The standard InChI is InChI=1S/C18H14Cl2N2O4/c1-8-2-3-13-10(4-8)18(26-22-13)21-17(24)15-7-14(23)11-5-9(19)6-12(20)16(11)25-15/h5-8H,2-4H2,1H3,(H,21,24)/t8-/m0/s1. The normalized spacial score (nSPS) is 16.5. The Hall–Kier alpha value is -2.31. The van der Waals surface area contributed by atoms with Crippen LogP contribution in [0.25, 0.3) is 11.0 Å². The van der Waals surface area contributed by atoms with Gasteiger partial charge in [0.05, 0.1) is 16.1 Å². The zero-order chi connectivity index (χ0) is 18.4. The summed E-state index contributed by atoms with van der Waals surface area (Å²) in [4.78, 5) is 24.8. The number of benzene rings is 1. The molecule has 3 aromatic rings. The lowest BCUT2D eigenvalue weighted by Gasteiger charge is -2.16. The minimum absolute atomic E-state index is 0.113. The Morgan fingerprint density at radius 1 is 1.31 bits per heavy atom. The van der Waals surface area contributed by atoms with E-state index < -0.39 is 11.3 Å². The van der Waals surface area contributed by atoms with Crippen molar-refractivity contribution in [2.24, 2.45) is 5.92 Å². The van der Waals surface area contributed by atoms with Crippen LogP contribution in [0, 0.1) is 5.92 Å². The van der Waals surface area contributed by atoms with Crippen molar-refractivity contribution >= 4 is 46.0 Å². The Balaban J connectivity index is 1.69. The smallest absolute Gasteiger partial charge is 0.293 e. The van der Waals surface area contributed by atoms with Crippen LogP contribution in [-0.4, -0.2) is 11.1 Å². The van der Waals surface area contributed by atoms with E-state index in [0.717, 1.165) is 36.6 Å². The van der Waals surface area contributed by atoms with Crippen LogP contribution < -0.4 is 10.7 Å². The van der Waals surface area contributed by atoms with E-state index >= 15 is 0 Å². The molecule has 134 valence electrons. The van der Waals surface area contributed by atoms with Gasteiger partial charge in [0.2, 0.25) is 5.88 Å². The fourth-order valence-corrected chi connectivity index (χ4v) is 3.67. The number of rotatable bonds is 2. The van der Waals surface area contributed by atoms with Crippen molar-refractivity contribution in [1.29, 1.82) is 0 Å². The average Bonchev–Trinajstić information content (AvgIpc) is 2.97. The highest BCUT2D eigenvalue weighted by Gasteiger charge is 2.25. The molecule has 0 saturated heterocycles. The fourth-order valence-electron chi connectivity index (χ4n) is 3.14. The van der Waals surface area contributed by atoms with E-state index in [-0.39, 0.29) is 21.8 Å². The fraction of sp³-hybridized carbons (Fsp3) is 0.278. The Morgan fingerprint density at radius 2 is 2.12 bits per heavy atom. The van der Waals surface area contributed by atoms with E-state index in [1.165, 1.54) is 12.1 Å². The first kappa shape index (κ1) is 17.1. The Morgan fingerprint density at radius 3 is 2.92 bits per heavy atom. The molecule has 0 bridgehead atoms. The number of fused-ring (bicyclic) bond motifs is 2. The summed E-state index contributed by atoms with van der Waals surface area (Å²) in [5.74, 6) is 0.00845. The van der Waals surface area contributed by atoms with Gasteiger partial charge in [-0.3, -0.25) is 14.9 Å². The molecule has 1 N–H and O–H groups in total. The van der Waals surface area contributed by atoms with Gasteiger partial charge in [-0.2, -0.15) is 0 Å². The summed E-state index contributed by atoms with van der Waals surface area (Å²) in [7, 11) is 0. The average molecular weight is 393 g/mol. The van der Waals surface area contributed by atoms with Gasteiger partial charge in [0.1, 0.15) is 0 Å². The van der Waals surface area contributed by atoms with Gasteiger partial charge in [-0.15, -0.1) is 0 Å². The van der Waals surface area contributed by atoms with Crippen LogP contribution in [0.1, 0.15) is 35.2 Å². The molecule has 0 saturated carbocycles. The molecule has 4 rings (SSSR count). The molecular weight excluding hydrogens is 379 g/mol. The highest BCUT2D eigenvalue weighted by molar-refractivity contribution is 6.38. The number of nitrogens with zero attached hydrogens (tertiary/aromatic N) is 1. The van der Waals surface area contributed by atoms with E-state index in [1.807, 2.05) is 0 Å². The number of aromatic nitrogens is 1. The largest absolute Gasteiger partial charge is 0.449 e. The molecule has 1 amide bonds. The summed E-state index contributed by atoms with van der Waals surface area (Å²) in [6, 6.07) is 4.00. The Bertz CT molecular complexity index is 1090. The van der Waals surface area contributed by atoms with E-state index in [0.29, 0.717) is 16.8 Å². The van der Waals surface area contributed by atoms with Crippen LogP contribution >= 0.6 is 23.2 Å². The topological polar surface area (TPSA) is 85.3 Å². The first-order chi connectivity index (χ1) is 12.4. The number of anilines is 1. The molecule has 6 nitrogen and oxygen atoms in total. The number of carbonyl (C=O) groups is 1. The molecule has 1 atom stereocenters. The quantitative estimate of drug-likeness (QED) is 0.695. The van der Waals surface area contributed by atoms with Crippen LogP contribution in [0.4, 0.5) is 5.88 Å². The molecule has 2 heterocycles. The first-order valence-corrected chi connectivity index (χ1v) is 8.89. The van der Waals surface area contributed by atoms with Crippen molar-refractivity contribution in [2.45, 2.75) is 26.2 Å². The van der Waals surface area contributed by atoms with Gasteiger partial charge in [0.25, 0.3) is 5.91 Å². The predicted octanol–water partition coefficient (Wildman–Crippen LogP) is 4.46. The summed E-state index contributed by atoms with van der Waals surface area (Å²) >= 11 is 12.0. The van der Waals surface area contributed by atoms with Gasteiger partial charge in [-0.1, -0.05) is 35.3 Å². The third-order valence-electron chi connectivity index (χ3n) is 4.49. The lowest BCUT2D eigenvalue weighted by molar-refractivity contribution is 0.0994. The Labute approximate surface area is 158 Å². The van der Waals surface area contributed by atoms with Crippen LogP contribution in [-0.2, 0) is 12.8 Å². The van der Waals surface area contributed by atoms with Gasteiger partial charge in [-0.05, 0) is 37.3 Å². The molecule has 0 aliphatic heterocycles. The summed E-state index contributed by atoms with van der Waals surface area (Å²) < 4.78 is 10.8. The van der Waals surface area contributed by atoms with Crippen molar-refractivity contribution in [3.05, 3.63) is 55.5 Å². The zero-order valence-corrected chi connectivity index (χ0v) is 15.3. The van der Waals surface area contributed by atoms with E-state index in [4.69, 9.17) is 32.1 Å². The van der Waals surface area contributed by atoms with E-state index in [9.17, 15) is 9.59 Å². The highest BCUT2D eigenvalue weighted by atomic mass is 35.5. The van der Waals surface area contributed by atoms with E-state index in [1.54, 1.807) is 0 Å². The molecule has 1 aliphatic rings. The first-order valence-electron chi connectivity index (χ1n) is 8.14. The second-order valence-corrected chi connectivity index (χ2v) is 7.32. The van der Waals surface area contributed by atoms with Gasteiger partial charge < -0.3 is 8.94 Å².